The number of carbonyl (C=O) groups excluding carboxylic acids is 1. The number of nitrogens with zero attached hydrogens (tertiary/aromatic N) is 1. The molecule has 0 aromatic rings. The fourth-order valence-corrected chi connectivity index (χ4v) is 7.75. The number of quaternary nitrogens is 1. The van der Waals surface area contributed by atoms with E-state index in [4.69, 9.17) is 9.05 Å². The van der Waals surface area contributed by atoms with Crippen LogP contribution in [0.3, 0.4) is 0 Å². The van der Waals surface area contributed by atoms with E-state index in [0.717, 1.165) is 38.5 Å². The average Bonchev–Trinajstić information content (AvgIpc) is 3.16. The highest BCUT2D eigenvalue weighted by atomic mass is 31.2. The Bertz CT molecular complexity index is 984. The molecule has 1 unspecified atom stereocenters. The Kier molecular flexibility index (Phi) is 39.7. The van der Waals surface area contributed by atoms with E-state index in [1.165, 1.54) is 167 Å². The van der Waals surface area contributed by atoms with Crippen LogP contribution in [0.1, 0.15) is 226 Å². The van der Waals surface area contributed by atoms with E-state index >= 15 is 0 Å². The van der Waals surface area contributed by atoms with Crippen LogP contribution in [0, 0.1) is 0 Å². The first kappa shape index (κ1) is 56.0. The second-order valence-corrected chi connectivity index (χ2v) is 19.2. The highest BCUT2D eigenvalue weighted by molar-refractivity contribution is 7.45. The van der Waals surface area contributed by atoms with Crippen molar-refractivity contribution in [1.82, 2.24) is 5.32 Å². The Balaban J connectivity index is 4.30. The molecule has 0 spiro atoms. The lowest BCUT2D eigenvalue weighted by Gasteiger charge is -2.29. The van der Waals surface area contributed by atoms with Crippen LogP contribution in [-0.2, 0) is 18.4 Å². The van der Waals surface area contributed by atoms with Gasteiger partial charge in [-0.25, -0.2) is 0 Å². The third-order valence-electron chi connectivity index (χ3n) is 10.9. The molecule has 338 valence electrons. The molecule has 0 aromatic carbocycles. The summed E-state index contributed by atoms with van der Waals surface area (Å²) < 4.78 is 23.2. The minimum Gasteiger partial charge on any atom is -0.756 e. The normalized spacial score (nSPS) is 14.4. The van der Waals surface area contributed by atoms with Gasteiger partial charge >= 0.3 is 0 Å². The first-order valence-electron chi connectivity index (χ1n) is 24.2. The van der Waals surface area contributed by atoms with Crippen LogP contribution in [0.25, 0.3) is 0 Å². The molecule has 0 aliphatic carbocycles. The largest absolute Gasteiger partial charge is 0.756 e. The second kappa shape index (κ2) is 40.4. The van der Waals surface area contributed by atoms with Gasteiger partial charge in [-0.15, -0.1) is 0 Å². The summed E-state index contributed by atoms with van der Waals surface area (Å²) in [7, 11) is 1.27. The van der Waals surface area contributed by atoms with Gasteiger partial charge in [0.1, 0.15) is 13.2 Å². The molecule has 57 heavy (non-hydrogen) atoms. The van der Waals surface area contributed by atoms with E-state index in [0.29, 0.717) is 17.4 Å². The molecule has 2 N–H and O–H groups in total. The molecule has 9 heteroatoms. The van der Waals surface area contributed by atoms with Crippen LogP contribution in [0.5, 0.6) is 0 Å². The van der Waals surface area contributed by atoms with Crippen LogP contribution in [0.2, 0.25) is 0 Å². The summed E-state index contributed by atoms with van der Waals surface area (Å²) in [6.45, 7) is 4.65. The highest BCUT2D eigenvalue weighted by Crippen LogP contribution is 2.38. The maximum absolute atomic E-state index is 12.9. The lowest BCUT2D eigenvalue weighted by Crippen LogP contribution is -2.45. The van der Waals surface area contributed by atoms with Crippen LogP contribution < -0.4 is 10.2 Å². The van der Waals surface area contributed by atoms with Crippen LogP contribution in [-0.4, -0.2) is 68.5 Å². The zero-order valence-electron chi connectivity index (χ0n) is 38.3. The van der Waals surface area contributed by atoms with Gasteiger partial charge in [-0.05, 0) is 44.9 Å². The number of nitrogens with one attached hydrogen (secondary N) is 1. The number of rotatable bonds is 44. The van der Waals surface area contributed by atoms with Crippen molar-refractivity contribution in [2.24, 2.45) is 0 Å². The topological polar surface area (TPSA) is 108 Å². The highest BCUT2D eigenvalue weighted by Gasteiger charge is 2.23. The fourth-order valence-electron chi connectivity index (χ4n) is 7.03. The minimum atomic E-state index is -4.59. The van der Waals surface area contributed by atoms with Gasteiger partial charge < -0.3 is 28.8 Å². The molecular formula is C48H95N2O6P. The molecule has 8 nitrogen and oxygen atoms in total. The predicted molar refractivity (Wildman–Crippen MR) is 242 cm³/mol. The Hall–Kier alpha value is -1.02. The second-order valence-electron chi connectivity index (χ2n) is 17.8. The molecule has 0 bridgehead atoms. The molecule has 0 aromatic heterocycles. The third kappa shape index (κ3) is 42.9. The summed E-state index contributed by atoms with van der Waals surface area (Å²) in [5.41, 5.74) is 0. The lowest BCUT2D eigenvalue weighted by atomic mass is 10.0. The lowest BCUT2D eigenvalue weighted by molar-refractivity contribution is -0.870. The first-order valence-corrected chi connectivity index (χ1v) is 25.7. The average molecular weight is 827 g/mol. The van der Waals surface area contributed by atoms with E-state index in [9.17, 15) is 19.4 Å². The molecule has 0 saturated carbocycles. The van der Waals surface area contributed by atoms with Crippen molar-refractivity contribution in [3.63, 3.8) is 0 Å². The van der Waals surface area contributed by atoms with Crippen molar-refractivity contribution in [3.8, 4) is 0 Å². The van der Waals surface area contributed by atoms with Gasteiger partial charge in [0.25, 0.3) is 7.82 Å². The molecular weight excluding hydrogens is 732 g/mol. The molecule has 0 aliphatic rings. The van der Waals surface area contributed by atoms with Crippen LogP contribution >= 0.6 is 7.82 Å². The maximum atomic E-state index is 12.9. The van der Waals surface area contributed by atoms with Gasteiger partial charge in [0.05, 0.1) is 39.9 Å². The number of allylic oxidation sites excluding steroid dienone is 3. The number of carbonyl (C=O) groups is 1. The number of hydrogen-bond acceptors (Lipinski definition) is 6. The molecule has 0 fully saturated rings. The fraction of sp³-hybridized carbons (Fsp3) is 0.896. The van der Waals surface area contributed by atoms with Crippen LogP contribution in [0.15, 0.2) is 24.3 Å². The number of unbranched alkanes of at least 4 members (excludes halogenated alkanes) is 29. The SMILES string of the molecule is CCCCCCCC/C=C\CCCCCCCCCCCCCC(=O)N[C@@H](COP(=O)([O-])OCC[N+](C)(C)C)[C@H](O)/C=C/CCCCCCCCCCCCCC. The number of likely N-dealkylation sites (N-methyl/N-ethyl adjacent to an activating group) is 1. The maximum Gasteiger partial charge on any atom is 0.268 e. The third-order valence-corrected chi connectivity index (χ3v) is 11.9. The van der Waals surface area contributed by atoms with Crippen LogP contribution in [0.4, 0.5) is 0 Å². The van der Waals surface area contributed by atoms with Crippen molar-refractivity contribution < 1.29 is 32.9 Å². The number of phosphoric acid groups is 1. The Morgan fingerprint density at radius 1 is 0.596 bits per heavy atom. The summed E-state index contributed by atoms with van der Waals surface area (Å²) >= 11 is 0. The molecule has 3 atom stereocenters. The first-order chi connectivity index (χ1) is 27.5. The zero-order valence-corrected chi connectivity index (χ0v) is 39.2. The van der Waals surface area contributed by atoms with E-state index < -0.39 is 20.0 Å². The van der Waals surface area contributed by atoms with Crippen molar-refractivity contribution in [2.45, 2.75) is 238 Å². The number of aliphatic hydroxyl groups is 1. The monoisotopic (exact) mass is 827 g/mol. The van der Waals surface area contributed by atoms with Gasteiger partial charge in [0.2, 0.25) is 5.91 Å². The van der Waals surface area contributed by atoms with Gasteiger partial charge in [0, 0.05) is 6.42 Å². The van der Waals surface area contributed by atoms with Crippen molar-refractivity contribution >= 4 is 13.7 Å². The molecule has 0 aliphatic heterocycles. The summed E-state index contributed by atoms with van der Waals surface area (Å²) in [5, 5.41) is 13.8. The van der Waals surface area contributed by atoms with Crippen molar-refractivity contribution in [2.75, 3.05) is 40.9 Å². The predicted octanol–water partition coefficient (Wildman–Crippen LogP) is 13.1. The smallest absolute Gasteiger partial charge is 0.268 e. The van der Waals surface area contributed by atoms with Crippen molar-refractivity contribution in [3.05, 3.63) is 24.3 Å². The van der Waals surface area contributed by atoms with Gasteiger partial charge in [-0.3, -0.25) is 9.36 Å². The van der Waals surface area contributed by atoms with E-state index in [1.807, 2.05) is 27.2 Å². The molecule has 0 rings (SSSR count). The molecule has 0 radical (unpaired) electrons. The summed E-state index contributed by atoms with van der Waals surface area (Å²) in [4.78, 5) is 25.3. The zero-order chi connectivity index (χ0) is 42.1. The minimum absolute atomic E-state index is 0.000286. The molecule has 0 saturated heterocycles. The Morgan fingerprint density at radius 3 is 1.37 bits per heavy atom. The number of amides is 1. The van der Waals surface area contributed by atoms with Gasteiger partial charge in [-0.2, -0.15) is 0 Å². The van der Waals surface area contributed by atoms with E-state index in [-0.39, 0.29) is 19.1 Å². The summed E-state index contributed by atoms with van der Waals surface area (Å²) in [6, 6.07) is -0.883. The summed E-state index contributed by atoms with van der Waals surface area (Å²) in [6.07, 6.45) is 47.9. The quantitative estimate of drug-likeness (QED) is 0.0274. The number of phosphoric ester groups is 1. The molecule has 1 amide bonds. The number of aliphatic hydroxyl groups excluding tert-OH is 1. The van der Waals surface area contributed by atoms with Crippen molar-refractivity contribution in [1.29, 1.82) is 0 Å². The Morgan fingerprint density at radius 2 is 0.965 bits per heavy atom. The molecule has 0 heterocycles. The van der Waals surface area contributed by atoms with Gasteiger partial charge in [-0.1, -0.05) is 199 Å². The number of hydrogen-bond donors (Lipinski definition) is 2. The summed E-state index contributed by atoms with van der Waals surface area (Å²) in [5.74, 6) is -0.197. The van der Waals surface area contributed by atoms with E-state index in [1.54, 1.807) is 6.08 Å². The Labute approximate surface area is 354 Å². The van der Waals surface area contributed by atoms with Gasteiger partial charge in [0.15, 0.2) is 0 Å². The standard InChI is InChI=1S/C48H95N2O6P/c1-6-8-10-12-14-16-18-20-22-23-24-25-26-27-28-30-32-34-36-38-40-42-48(52)49-46(45-56-57(53,54)55-44-43-50(3,4)5)47(51)41-39-37-35-33-31-29-21-19-17-15-13-11-9-7-2/h20,22,39,41,46-47,51H,6-19,21,23-38,40,42-45H2,1-5H3,(H-,49,52,53,54)/b22-20-,41-39+/t46-,47+/m0/s1. The van der Waals surface area contributed by atoms with E-state index in [2.05, 4.69) is 31.3 Å².